The van der Waals surface area contributed by atoms with E-state index in [1.807, 2.05) is 0 Å². The molecule has 1 fully saturated rings. The summed E-state index contributed by atoms with van der Waals surface area (Å²) in [6.07, 6.45) is 0. The van der Waals surface area contributed by atoms with Crippen molar-refractivity contribution in [2.75, 3.05) is 53.4 Å². The predicted molar refractivity (Wildman–Crippen MR) is 82.5 cm³/mol. The minimum Gasteiger partial charge on any atom is -0.489 e. The van der Waals surface area contributed by atoms with Crippen LogP contribution in [0.3, 0.4) is 0 Å². The quantitative estimate of drug-likeness (QED) is 0.767. The minimum atomic E-state index is -3.33. The predicted octanol–water partition coefficient (Wildman–Crippen LogP) is 0.629. The highest BCUT2D eigenvalue weighted by Crippen LogP contribution is 2.15. The number of ether oxygens (including phenoxy) is 1. The summed E-state index contributed by atoms with van der Waals surface area (Å²) in [5.41, 5.74) is 0. The van der Waals surface area contributed by atoms with Crippen LogP contribution in [0.4, 0.5) is 4.39 Å². The smallest absolute Gasteiger partial charge is 0.281 e. The van der Waals surface area contributed by atoms with Crippen LogP contribution in [0.2, 0.25) is 0 Å². The molecule has 0 spiro atoms. The lowest BCUT2D eigenvalue weighted by molar-refractivity contribution is 0.154. The maximum absolute atomic E-state index is 13.4. The molecule has 124 valence electrons. The summed E-state index contributed by atoms with van der Waals surface area (Å²) in [6.45, 7) is 3.23. The molecular formula is C14H22FN3O3S. The van der Waals surface area contributed by atoms with Crippen molar-refractivity contribution in [3.05, 3.63) is 30.1 Å². The molecule has 1 aliphatic heterocycles. The SMILES string of the molecule is CN(C)S(=O)(=O)N1CCN(CCOc2ccccc2F)CC1. The third-order valence-electron chi connectivity index (χ3n) is 3.62. The Morgan fingerprint density at radius 2 is 1.82 bits per heavy atom. The highest BCUT2D eigenvalue weighted by Gasteiger charge is 2.28. The molecule has 8 heteroatoms. The first kappa shape index (κ1) is 17.1. The number of rotatable bonds is 6. The fraction of sp³-hybridized carbons (Fsp3) is 0.571. The van der Waals surface area contributed by atoms with Crippen molar-refractivity contribution >= 4 is 10.2 Å². The molecule has 0 amide bonds. The first-order valence-corrected chi connectivity index (χ1v) is 8.58. The number of para-hydroxylation sites is 1. The topological polar surface area (TPSA) is 53.1 Å². The number of hydrogen-bond donors (Lipinski definition) is 0. The van der Waals surface area contributed by atoms with Crippen molar-refractivity contribution in [1.82, 2.24) is 13.5 Å². The Bertz CT molecular complexity index is 587. The monoisotopic (exact) mass is 331 g/mol. The molecular weight excluding hydrogens is 309 g/mol. The molecule has 1 heterocycles. The highest BCUT2D eigenvalue weighted by atomic mass is 32.2. The van der Waals surface area contributed by atoms with Crippen LogP contribution in [0, 0.1) is 5.82 Å². The Morgan fingerprint density at radius 1 is 1.18 bits per heavy atom. The zero-order chi connectivity index (χ0) is 16.2. The van der Waals surface area contributed by atoms with Gasteiger partial charge in [0.25, 0.3) is 10.2 Å². The molecule has 1 aromatic carbocycles. The molecule has 0 saturated carbocycles. The molecule has 0 bridgehead atoms. The van der Waals surface area contributed by atoms with Crippen LogP contribution in [0.1, 0.15) is 0 Å². The second-order valence-corrected chi connectivity index (χ2v) is 7.45. The molecule has 0 aliphatic carbocycles. The molecule has 1 aliphatic rings. The molecule has 1 saturated heterocycles. The van der Waals surface area contributed by atoms with E-state index < -0.39 is 10.2 Å². The van der Waals surface area contributed by atoms with Crippen molar-refractivity contribution in [3.63, 3.8) is 0 Å². The molecule has 0 radical (unpaired) electrons. The largest absolute Gasteiger partial charge is 0.489 e. The first-order valence-electron chi connectivity index (χ1n) is 7.18. The minimum absolute atomic E-state index is 0.247. The Labute approximate surface area is 131 Å². The van der Waals surface area contributed by atoms with Crippen LogP contribution in [-0.4, -0.2) is 75.4 Å². The van der Waals surface area contributed by atoms with Gasteiger partial charge in [0.15, 0.2) is 11.6 Å². The van der Waals surface area contributed by atoms with Crippen LogP contribution in [0.15, 0.2) is 24.3 Å². The summed E-state index contributed by atoms with van der Waals surface area (Å²) < 4.78 is 45.5. The van der Waals surface area contributed by atoms with Crippen LogP contribution < -0.4 is 4.74 Å². The summed E-state index contributed by atoms with van der Waals surface area (Å²) in [4.78, 5) is 2.11. The van der Waals surface area contributed by atoms with Crippen molar-refractivity contribution < 1.29 is 17.5 Å². The Morgan fingerprint density at radius 3 is 2.41 bits per heavy atom. The van der Waals surface area contributed by atoms with Gasteiger partial charge in [-0.3, -0.25) is 4.90 Å². The Kier molecular flexibility index (Phi) is 5.74. The standard InChI is InChI=1S/C14H22FN3O3S/c1-16(2)22(19,20)18-9-7-17(8-10-18)11-12-21-14-6-4-3-5-13(14)15/h3-6H,7-12H2,1-2H3. The van der Waals surface area contributed by atoms with Gasteiger partial charge in [0.2, 0.25) is 0 Å². The fourth-order valence-electron chi connectivity index (χ4n) is 2.26. The van der Waals surface area contributed by atoms with Crippen LogP contribution in [0.5, 0.6) is 5.75 Å². The summed E-state index contributed by atoms with van der Waals surface area (Å²) in [6, 6.07) is 6.30. The number of piperazine rings is 1. The number of benzene rings is 1. The lowest BCUT2D eigenvalue weighted by Crippen LogP contribution is -2.52. The Hall–Kier alpha value is -1.22. The fourth-order valence-corrected chi connectivity index (χ4v) is 3.35. The van der Waals surface area contributed by atoms with Gasteiger partial charge in [0.05, 0.1) is 0 Å². The van der Waals surface area contributed by atoms with Gasteiger partial charge in [-0.05, 0) is 12.1 Å². The lowest BCUT2D eigenvalue weighted by Gasteiger charge is -2.34. The van der Waals surface area contributed by atoms with Gasteiger partial charge in [-0.1, -0.05) is 12.1 Å². The van der Waals surface area contributed by atoms with Gasteiger partial charge in [-0.2, -0.15) is 17.0 Å². The average Bonchev–Trinajstić information content (AvgIpc) is 2.49. The van der Waals surface area contributed by atoms with Crippen LogP contribution in [0.25, 0.3) is 0 Å². The Balaban J connectivity index is 1.75. The van der Waals surface area contributed by atoms with Gasteiger partial charge in [0, 0.05) is 46.8 Å². The van der Waals surface area contributed by atoms with Crippen molar-refractivity contribution in [1.29, 1.82) is 0 Å². The molecule has 6 nitrogen and oxygen atoms in total. The van der Waals surface area contributed by atoms with E-state index in [-0.39, 0.29) is 11.6 Å². The summed E-state index contributed by atoms with van der Waals surface area (Å²) in [7, 11) is -0.270. The maximum Gasteiger partial charge on any atom is 0.281 e. The molecule has 0 unspecified atom stereocenters. The molecule has 0 aromatic heterocycles. The number of nitrogens with zero attached hydrogens (tertiary/aromatic N) is 3. The summed E-state index contributed by atoms with van der Waals surface area (Å²) in [5, 5.41) is 0. The molecule has 1 aromatic rings. The second-order valence-electron chi connectivity index (χ2n) is 5.31. The normalized spacial score (nSPS) is 17.8. The highest BCUT2D eigenvalue weighted by molar-refractivity contribution is 7.86. The van der Waals surface area contributed by atoms with Crippen LogP contribution >= 0.6 is 0 Å². The van der Waals surface area contributed by atoms with Gasteiger partial charge >= 0.3 is 0 Å². The maximum atomic E-state index is 13.4. The van der Waals surface area contributed by atoms with E-state index in [2.05, 4.69) is 4.90 Å². The summed E-state index contributed by atoms with van der Waals surface area (Å²) in [5.74, 6) is -0.124. The third kappa shape index (κ3) is 4.16. The van der Waals surface area contributed by atoms with Crippen molar-refractivity contribution in [2.45, 2.75) is 0 Å². The molecule has 22 heavy (non-hydrogen) atoms. The van der Waals surface area contributed by atoms with Gasteiger partial charge in [-0.15, -0.1) is 0 Å². The first-order chi connectivity index (χ1) is 10.4. The lowest BCUT2D eigenvalue weighted by atomic mass is 10.3. The average molecular weight is 331 g/mol. The zero-order valence-corrected chi connectivity index (χ0v) is 13.7. The van der Waals surface area contributed by atoms with E-state index in [1.54, 1.807) is 18.2 Å². The summed E-state index contributed by atoms with van der Waals surface area (Å²) >= 11 is 0. The van der Waals surface area contributed by atoms with E-state index in [0.29, 0.717) is 39.3 Å². The van der Waals surface area contributed by atoms with Gasteiger partial charge < -0.3 is 4.74 Å². The van der Waals surface area contributed by atoms with E-state index >= 15 is 0 Å². The van der Waals surface area contributed by atoms with Gasteiger partial charge in [-0.25, -0.2) is 4.39 Å². The molecule has 0 N–H and O–H groups in total. The zero-order valence-electron chi connectivity index (χ0n) is 12.9. The van der Waals surface area contributed by atoms with E-state index in [1.165, 1.54) is 28.8 Å². The van der Waals surface area contributed by atoms with E-state index in [9.17, 15) is 12.8 Å². The van der Waals surface area contributed by atoms with Crippen molar-refractivity contribution in [3.8, 4) is 5.75 Å². The van der Waals surface area contributed by atoms with E-state index in [0.717, 1.165) is 0 Å². The molecule has 0 atom stereocenters. The van der Waals surface area contributed by atoms with Crippen molar-refractivity contribution in [2.24, 2.45) is 0 Å². The number of hydrogen-bond acceptors (Lipinski definition) is 4. The van der Waals surface area contributed by atoms with Crippen LogP contribution in [-0.2, 0) is 10.2 Å². The van der Waals surface area contributed by atoms with Gasteiger partial charge in [0.1, 0.15) is 6.61 Å². The second kappa shape index (κ2) is 7.36. The number of halogens is 1. The third-order valence-corrected chi connectivity index (χ3v) is 5.56. The molecule has 2 rings (SSSR count). The van der Waals surface area contributed by atoms with E-state index in [4.69, 9.17) is 4.74 Å².